The summed E-state index contributed by atoms with van der Waals surface area (Å²) in [7, 11) is 0. The highest BCUT2D eigenvalue weighted by Gasteiger charge is 2.36. The van der Waals surface area contributed by atoms with Crippen LogP contribution in [0.1, 0.15) is 41.9 Å². The van der Waals surface area contributed by atoms with Crippen molar-refractivity contribution in [3.8, 4) is 0 Å². The molecule has 146 valence electrons. The number of benzene rings is 2. The van der Waals surface area contributed by atoms with E-state index >= 15 is 0 Å². The summed E-state index contributed by atoms with van der Waals surface area (Å²) in [5.41, 5.74) is 3.45. The van der Waals surface area contributed by atoms with Crippen molar-refractivity contribution in [3.05, 3.63) is 71.3 Å². The topological polar surface area (TPSA) is 49.4 Å². The maximum absolute atomic E-state index is 13.0. The second-order valence-corrected chi connectivity index (χ2v) is 8.29. The quantitative estimate of drug-likeness (QED) is 0.869. The number of carbonyl (C=O) groups is 2. The summed E-state index contributed by atoms with van der Waals surface area (Å²) in [4.78, 5) is 27.7. The van der Waals surface area contributed by atoms with Crippen LogP contribution in [0.5, 0.6) is 0 Å². The van der Waals surface area contributed by atoms with Crippen molar-refractivity contribution in [2.45, 2.75) is 44.6 Å². The number of rotatable bonds is 5. The van der Waals surface area contributed by atoms with E-state index in [2.05, 4.69) is 36.5 Å². The summed E-state index contributed by atoms with van der Waals surface area (Å²) in [6.07, 6.45) is 3.35. The molecule has 2 unspecified atom stereocenters. The molecule has 2 atom stereocenters. The first-order valence-electron chi connectivity index (χ1n) is 10.3. The Morgan fingerprint density at radius 3 is 2.54 bits per heavy atom. The van der Waals surface area contributed by atoms with Crippen molar-refractivity contribution < 1.29 is 9.59 Å². The van der Waals surface area contributed by atoms with Crippen molar-refractivity contribution in [1.82, 2.24) is 10.2 Å². The number of hydrogen-bond donors (Lipinski definition) is 1. The highest BCUT2D eigenvalue weighted by molar-refractivity contribution is 5.83. The average Bonchev–Trinajstić information content (AvgIpc) is 3.52. The van der Waals surface area contributed by atoms with E-state index < -0.39 is 0 Å². The summed E-state index contributed by atoms with van der Waals surface area (Å²) < 4.78 is 0. The Hall–Kier alpha value is -2.62. The van der Waals surface area contributed by atoms with E-state index in [9.17, 15) is 9.59 Å². The Labute approximate surface area is 166 Å². The van der Waals surface area contributed by atoms with Gasteiger partial charge < -0.3 is 10.2 Å². The fraction of sp³-hybridized carbons (Fsp3) is 0.417. The van der Waals surface area contributed by atoms with E-state index in [1.807, 2.05) is 35.2 Å². The Kier molecular flexibility index (Phi) is 5.47. The fourth-order valence-electron chi connectivity index (χ4n) is 4.09. The van der Waals surface area contributed by atoms with E-state index in [4.69, 9.17) is 0 Å². The minimum atomic E-state index is -0.139. The molecule has 2 aromatic carbocycles. The Bertz CT molecular complexity index is 845. The molecule has 2 fully saturated rings. The summed E-state index contributed by atoms with van der Waals surface area (Å²) >= 11 is 0. The fourth-order valence-corrected chi connectivity index (χ4v) is 4.09. The zero-order valence-electron chi connectivity index (χ0n) is 16.4. The summed E-state index contributed by atoms with van der Waals surface area (Å²) in [6.45, 7) is 3.29. The van der Waals surface area contributed by atoms with Crippen LogP contribution in [0.4, 0.5) is 0 Å². The monoisotopic (exact) mass is 376 g/mol. The summed E-state index contributed by atoms with van der Waals surface area (Å²) in [5, 5.41) is 3.14. The van der Waals surface area contributed by atoms with E-state index in [0.29, 0.717) is 25.6 Å². The zero-order chi connectivity index (χ0) is 19.5. The van der Waals surface area contributed by atoms with Gasteiger partial charge in [0, 0.05) is 25.0 Å². The van der Waals surface area contributed by atoms with Gasteiger partial charge in [0.25, 0.3) is 0 Å². The van der Waals surface area contributed by atoms with Crippen LogP contribution in [0, 0.1) is 12.8 Å². The molecule has 1 saturated heterocycles. The van der Waals surface area contributed by atoms with Crippen molar-refractivity contribution in [1.29, 1.82) is 0 Å². The number of amides is 2. The lowest BCUT2D eigenvalue weighted by molar-refractivity contribution is -0.135. The molecule has 2 aliphatic rings. The first kappa shape index (κ1) is 18.7. The van der Waals surface area contributed by atoms with Crippen molar-refractivity contribution in [2.24, 2.45) is 5.92 Å². The zero-order valence-corrected chi connectivity index (χ0v) is 16.4. The van der Waals surface area contributed by atoms with Crippen molar-refractivity contribution in [2.75, 3.05) is 13.1 Å². The number of carbonyl (C=O) groups excluding carboxylic acids is 2. The van der Waals surface area contributed by atoms with Gasteiger partial charge in [0.2, 0.25) is 11.8 Å². The van der Waals surface area contributed by atoms with Gasteiger partial charge in [-0.2, -0.15) is 0 Å². The van der Waals surface area contributed by atoms with Crippen LogP contribution in [0.2, 0.25) is 0 Å². The molecule has 0 aromatic heterocycles. The Morgan fingerprint density at radius 2 is 1.82 bits per heavy atom. The predicted molar refractivity (Wildman–Crippen MR) is 110 cm³/mol. The molecule has 1 aliphatic carbocycles. The normalized spacial score (nSPS) is 22.0. The molecular weight excluding hydrogens is 348 g/mol. The maximum atomic E-state index is 13.0. The molecular formula is C24H28N2O2. The molecule has 0 spiro atoms. The van der Waals surface area contributed by atoms with Crippen LogP contribution in [0.15, 0.2) is 54.6 Å². The van der Waals surface area contributed by atoms with Gasteiger partial charge >= 0.3 is 0 Å². The third kappa shape index (κ3) is 4.61. The van der Waals surface area contributed by atoms with Crippen LogP contribution in [0.25, 0.3) is 0 Å². The lowest BCUT2D eigenvalue weighted by Crippen LogP contribution is -2.48. The number of nitrogens with zero attached hydrogens (tertiary/aromatic N) is 1. The molecule has 4 rings (SSSR count). The Balaban J connectivity index is 1.52. The van der Waals surface area contributed by atoms with Gasteiger partial charge in [-0.1, -0.05) is 60.2 Å². The highest BCUT2D eigenvalue weighted by Crippen LogP contribution is 2.32. The van der Waals surface area contributed by atoms with Crippen LogP contribution in [-0.4, -0.2) is 35.8 Å². The van der Waals surface area contributed by atoms with Crippen molar-refractivity contribution in [3.63, 3.8) is 0 Å². The van der Waals surface area contributed by atoms with Gasteiger partial charge in [-0.05, 0) is 37.3 Å². The largest absolute Gasteiger partial charge is 0.353 e. The third-order valence-corrected chi connectivity index (χ3v) is 5.81. The number of aryl methyl sites for hydroxylation is 1. The Morgan fingerprint density at radius 1 is 1.04 bits per heavy atom. The van der Waals surface area contributed by atoms with Crippen LogP contribution < -0.4 is 5.32 Å². The average molecular weight is 377 g/mol. The molecule has 2 aromatic rings. The van der Waals surface area contributed by atoms with Crippen LogP contribution >= 0.6 is 0 Å². The third-order valence-electron chi connectivity index (χ3n) is 5.81. The highest BCUT2D eigenvalue weighted by atomic mass is 16.2. The number of piperidine rings is 1. The van der Waals surface area contributed by atoms with Gasteiger partial charge in [-0.25, -0.2) is 0 Å². The number of likely N-dealkylation sites (tertiary alicyclic amines) is 1. The minimum Gasteiger partial charge on any atom is -0.353 e. The number of hydrogen-bond acceptors (Lipinski definition) is 2. The van der Waals surface area contributed by atoms with Crippen molar-refractivity contribution >= 4 is 11.8 Å². The van der Waals surface area contributed by atoms with Gasteiger partial charge in [0.05, 0.1) is 12.3 Å². The predicted octanol–water partition coefficient (Wildman–Crippen LogP) is 3.45. The molecule has 1 N–H and O–H groups in total. The minimum absolute atomic E-state index is 0.104. The molecule has 1 aliphatic heterocycles. The van der Waals surface area contributed by atoms with Gasteiger partial charge in [-0.15, -0.1) is 0 Å². The van der Waals surface area contributed by atoms with Gasteiger partial charge in [-0.3, -0.25) is 9.59 Å². The molecule has 1 heterocycles. The molecule has 1 saturated carbocycles. The maximum Gasteiger partial charge on any atom is 0.227 e. The van der Waals surface area contributed by atoms with E-state index in [0.717, 1.165) is 24.8 Å². The van der Waals surface area contributed by atoms with Gasteiger partial charge in [0.1, 0.15) is 0 Å². The second kappa shape index (κ2) is 8.17. The lowest BCUT2D eigenvalue weighted by atomic mass is 9.83. The first-order chi connectivity index (χ1) is 13.6. The lowest BCUT2D eigenvalue weighted by Gasteiger charge is -2.37. The molecule has 2 amide bonds. The van der Waals surface area contributed by atoms with E-state index in [1.54, 1.807) is 0 Å². The smallest absolute Gasteiger partial charge is 0.227 e. The summed E-state index contributed by atoms with van der Waals surface area (Å²) in [5.74, 6) is 0.271. The molecule has 0 bridgehead atoms. The van der Waals surface area contributed by atoms with Crippen LogP contribution in [-0.2, 0) is 16.0 Å². The first-order valence-corrected chi connectivity index (χ1v) is 10.3. The SMILES string of the molecule is Cc1cccc(C2CC(C(=O)NC3CC3)CN(C(=O)Cc3ccccc3)C2)c1. The summed E-state index contributed by atoms with van der Waals surface area (Å²) in [6, 6.07) is 18.6. The molecule has 4 nitrogen and oxygen atoms in total. The number of nitrogens with one attached hydrogen (secondary N) is 1. The molecule has 0 radical (unpaired) electrons. The van der Waals surface area contributed by atoms with Crippen LogP contribution in [0.3, 0.4) is 0 Å². The van der Waals surface area contributed by atoms with Gasteiger partial charge in [0.15, 0.2) is 0 Å². The van der Waals surface area contributed by atoms with E-state index in [-0.39, 0.29) is 23.7 Å². The standard InChI is InChI=1S/C24H28N2O2/c1-17-6-5-9-19(12-17)20-14-21(24(28)25-22-10-11-22)16-26(15-20)23(27)13-18-7-3-2-4-8-18/h2-9,12,20-22H,10-11,13-16H2,1H3,(H,25,28). The van der Waals surface area contributed by atoms with E-state index in [1.165, 1.54) is 11.1 Å². The molecule has 28 heavy (non-hydrogen) atoms. The second-order valence-electron chi connectivity index (χ2n) is 8.29. The molecule has 4 heteroatoms.